The van der Waals surface area contributed by atoms with Gasteiger partial charge in [-0.2, -0.15) is 13.2 Å². The Kier molecular flexibility index (Phi) is 6.88. The summed E-state index contributed by atoms with van der Waals surface area (Å²) in [6, 6.07) is 3.39. The van der Waals surface area contributed by atoms with Gasteiger partial charge in [0.15, 0.2) is 6.61 Å². The number of benzene rings is 1. The summed E-state index contributed by atoms with van der Waals surface area (Å²) >= 11 is 0. The van der Waals surface area contributed by atoms with Crippen LogP contribution in [0.25, 0.3) is 0 Å². The first kappa shape index (κ1) is 22.5. The van der Waals surface area contributed by atoms with Crippen molar-refractivity contribution in [2.75, 3.05) is 25.7 Å². The van der Waals surface area contributed by atoms with Crippen LogP contribution in [-0.4, -0.2) is 44.8 Å². The van der Waals surface area contributed by atoms with Crippen molar-refractivity contribution in [3.8, 4) is 5.75 Å². The van der Waals surface area contributed by atoms with Crippen molar-refractivity contribution in [3.05, 3.63) is 59.5 Å². The molecule has 0 aliphatic carbocycles. The van der Waals surface area contributed by atoms with Gasteiger partial charge in [0.1, 0.15) is 11.4 Å². The molecule has 160 valence electrons. The van der Waals surface area contributed by atoms with Crippen molar-refractivity contribution in [2.24, 2.45) is 5.73 Å². The van der Waals surface area contributed by atoms with Crippen LogP contribution in [0, 0.1) is 0 Å². The van der Waals surface area contributed by atoms with Crippen LogP contribution in [0.3, 0.4) is 0 Å². The molecule has 0 atom stereocenters. The first-order chi connectivity index (χ1) is 14.1. The van der Waals surface area contributed by atoms with E-state index in [2.05, 4.69) is 4.74 Å². The van der Waals surface area contributed by atoms with Crippen LogP contribution in [0.15, 0.2) is 53.9 Å². The molecule has 2 N–H and O–H groups in total. The fraction of sp³-hybridized carbons (Fsp3) is 0.211. The lowest BCUT2D eigenvalue weighted by molar-refractivity contribution is -0.153. The molecule has 8 nitrogen and oxygen atoms in total. The van der Waals surface area contributed by atoms with E-state index in [4.69, 9.17) is 15.2 Å². The maximum absolute atomic E-state index is 12.7. The Morgan fingerprint density at radius 2 is 1.73 bits per heavy atom. The third-order valence-corrected chi connectivity index (χ3v) is 3.78. The molecule has 11 heteroatoms. The standard InChI is InChI=1S/C19H17F3N2O6/c1-28-17(26)12-5-3-4-8-24(15(12)18(27)29-2)13-9-11(16(23)25)6-7-14(13)30-10-19(20,21)22/h3-9H,10H2,1-2H3,(H2,23,25). The van der Waals surface area contributed by atoms with Crippen LogP contribution in [0.1, 0.15) is 10.4 Å². The van der Waals surface area contributed by atoms with E-state index in [0.29, 0.717) is 0 Å². The van der Waals surface area contributed by atoms with Gasteiger partial charge in [0.25, 0.3) is 0 Å². The van der Waals surface area contributed by atoms with Crippen molar-refractivity contribution in [3.63, 3.8) is 0 Å². The molecule has 0 bridgehead atoms. The molecule has 2 rings (SSSR count). The van der Waals surface area contributed by atoms with Crippen molar-refractivity contribution in [1.82, 2.24) is 0 Å². The Labute approximate surface area is 169 Å². The SMILES string of the molecule is COC(=O)C1=C(C(=O)OC)N(c2cc(C(N)=O)ccc2OCC(F)(F)F)C=CC=C1. The van der Waals surface area contributed by atoms with Gasteiger partial charge in [-0.1, -0.05) is 6.08 Å². The maximum Gasteiger partial charge on any atom is 0.422 e. The summed E-state index contributed by atoms with van der Waals surface area (Å²) in [4.78, 5) is 37.3. The number of allylic oxidation sites excluding steroid dienone is 2. The van der Waals surface area contributed by atoms with Crippen LogP contribution in [0.4, 0.5) is 18.9 Å². The van der Waals surface area contributed by atoms with Gasteiger partial charge < -0.3 is 24.8 Å². The molecule has 1 aromatic carbocycles. The van der Waals surface area contributed by atoms with Gasteiger partial charge in [0.05, 0.1) is 25.5 Å². The molecule has 1 aliphatic heterocycles. The summed E-state index contributed by atoms with van der Waals surface area (Å²) in [6.45, 7) is -1.63. The number of anilines is 1. The maximum atomic E-state index is 12.7. The number of hydrogen-bond donors (Lipinski definition) is 1. The predicted molar refractivity (Wildman–Crippen MR) is 98.3 cm³/mol. The Morgan fingerprint density at radius 3 is 2.30 bits per heavy atom. The highest BCUT2D eigenvalue weighted by Crippen LogP contribution is 2.36. The fourth-order valence-electron chi connectivity index (χ4n) is 2.49. The number of ether oxygens (including phenoxy) is 3. The highest BCUT2D eigenvalue weighted by molar-refractivity contribution is 6.06. The molecule has 0 spiro atoms. The number of rotatable bonds is 6. The number of amides is 1. The second kappa shape index (κ2) is 9.16. The van der Waals surface area contributed by atoms with Crippen LogP contribution in [0.5, 0.6) is 5.75 Å². The molecule has 0 aromatic heterocycles. The van der Waals surface area contributed by atoms with E-state index in [-0.39, 0.29) is 28.3 Å². The van der Waals surface area contributed by atoms with Crippen molar-refractivity contribution in [2.45, 2.75) is 6.18 Å². The number of hydrogen-bond acceptors (Lipinski definition) is 7. The zero-order chi connectivity index (χ0) is 22.5. The van der Waals surface area contributed by atoms with Crippen molar-refractivity contribution < 1.29 is 41.8 Å². The molecule has 0 saturated carbocycles. The van der Waals surface area contributed by atoms with E-state index in [1.54, 1.807) is 0 Å². The molecule has 1 aromatic rings. The van der Waals surface area contributed by atoms with Gasteiger partial charge in [-0.05, 0) is 30.4 Å². The lowest BCUT2D eigenvalue weighted by Gasteiger charge is -2.25. The molecule has 0 saturated heterocycles. The number of alkyl halides is 3. The number of carbonyl (C=O) groups excluding carboxylic acids is 3. The van der Waals surface area contributed by atoms with E-state index >= 15 is 0 Å². The molecule has 1 aliphatic rings. The first-order valence-corrected chi connectivity index (χ1v) is 8.27. The highest BCUT2D eigenvalue weighted by Gasteiger charge is 2.32. The zero-order valence-electron chi connectivity index (χ0n) is 15.9. The monoisotopic (exact) mass is 426 g/mol. The van der Waals surface area contributed by atoms with E-state index in [9.17, 15) is 27.6 Å². The number of esters is 2. The lowest BCUT2D eigenvalue weighted by atomic mass is 10.1. The van der Waals surface area contributed by atoms with Crippen molar-refractivity contribution >= 4 is 23.5 Å². The smallest absolute Gasteiger partial charge is 0.422 e. The molecule has 1 heterocycles. The van der Waals surface area contributed by atoms with Gasteiger partial charge in [-0.25, -0.2) is 9.59 Å². The fourth-order valence-corrected chi connectivity index (χ4v) is 2.49. The largest absolute Gasteiger partial charge is 0.482 e. The quantitative estimate of drug-likeness (QED) is 0.695. The van der Waals surface area contributed by atoms with E-state index in [0.717, 1.165) is 31.3 Å². The van der Waals surface area contributed by atoms with Gasteiger partial charge in [0.2, 0.25) is 5.91 Å². The van der Waals surface area contributed by atoms with Crippen molar-refractivity contribution in [1.29, 1.82) is 0 Å². The Hall–Kier alpha value is -3.76. The van der Waals surface area contributed by atoms with Gasteiger partial charge in [-0.15, -0.1) is 0 Å². The lowest BCUT2D eigenvalue weighted by Crippen LogP contribution is -2.28. The summed E-state index contributed by atoms with van der Waals surface area (Å²) in [5.41, 5.74) is 4.44. The van der Waals surface area contributed by atoms with Crippen LogP contribution in [0.2, 0.25) is 0 Å². The summed E-state index contributed by atoms with van der Waals surface area (Å²) < 4.78 is 52.3. The number of methoxy groups -OCH3 is 2. The number of nitrogens with two attached hydrogens (primary N) is 1. The van der Waals surface area contributed by atoms with E-state index < -0.39 is 30.6 Å². The summed E-state index contributed by atoms with van der Waals surface area (Å²) in [5, 5.41) is 0. The minimum absolute atomic E-state index is 0.0706. The third kappa shape index (κ3) is 5.19. The minimum atomic E-state index is -4.64. The predicted octanol–water partition coefficient (Wildman–Crippen LogP) is 2.22. The minimum Gasteiger partial charge on any atom is -0.482 e. The molecular formula is C19H17F3N2O6. The third-order valence-electron chi connectivity index (χ3n) is 3.78. The Bertz CT molecular complexity index is 950. The van der Waals surface area contributed by atoms with E-state index in [1.807, 2.05) is 0 Å². The number of halogens is 3. The normalized spacial score (nSPS) is 13.7. The van der Waals surface area contributed by atoms with Crippen LogP contribution in [-0.2, 0) is 19.1 Å². The molecular weight excluding hydrogens is 409 g/mol. The summed E-state index contributed by atoms with van der Waals surface area (Å²) in [5.74, 6) is -3.08. The number of nitrogens with zero attached hydrogens (tertiary/aromatic N) is 1. The van der Waals surface area contributed by atoms with E-state index in [1.165, 1.54) is 30.5 Å². The Balaban J connectivity index is 2.73. The first-order valence-electron chi connectivity index (χ1n) is 8.27. The molecule has 0 unspecified atom stereocenters. The van der Waals surface area contributed by atoms with Gasteiger partial charge >= 0.3 is 18.1 Å². The molecule has 0 radical (unpaired) electrons. The molecule has 1 amide bonds. The zero-order valence-corrected chi connectivity index (χ0v) is 15.9. The van der Waals surface area contributed by atoms with Gasteiger partial charge in [-0.3, -0.25) is 4.79 Å². The number of carbonyl (C=O) groups is 3. The molecule has 30 heavy (non-hydrogen) atoms. The average molecular weight is 426 g/mol. The van der Waals surface area contributed by atoms with Crippen LogP contribution < -0.4 is 15.4 Å². The summed E-state index contributed by atoms with van der Waals surface area (Å²) in [7, 11) is 2.15. The average Bonchev–Trinajstić information content (AvgIpc) is 2.93. The number of primary amides is 1. The molecule has 0 fully saturated rings. The van der Waals surface area contributed by atoms with Crippen LogP contribution >= 0.6 is 0 Å². The second-order valence-corrected chi connectivity index (χ2v) is 5.77. The topological polar surface area (TPSA) is 108 Å². The summed E-state index contributed by atoms with van der Waals surface area (Å²) in [6.07, 6.45) is 0.711. The van der Waals surface area contributed by atoms with Gasteiger partial charge in [0, 0.05) is 11.8 Å². The second-order valence-electron chi connectivity index (χ2n) is 5.77. The highest BCUT2D eigenvalue weighted by atomic mass is 19.4. The Morgan fingerprint density at radius 1 is 1.07 bits per heavy atom.